The van der Waals surface area contributed by atoms with E-state index in [1.165, 1.54) is 0 Å². The van der Waals surface area contributed by atoms with Crippen molar-refractivity contribution in [2.75, 3.05) is 25.0 Å². The van der Waals surface area contributed by atoms with Gasteiger partial charge in [0.05, 0.1) is 0 Å². The van der Waals surface area contributed by atoms with Gasteiger partial charge in [-0.2, -0.15) is 4.98 Å². The molecule has 0 radical (unpaired) electrons. The highest BCUT2D eigenvalue weighted by Crippen LogP contribution is 2.29. The summed E-state index contributed by atoms with van der Waals surface area (Å²) in [4.78, 5) is 6.82. The molecular weight excluding hydrogens is 354 g/mol. The third-order valence-electron chi connectivity index (χ3n) is 3.84. The standard InChI is InChI=1S/C14H17BrClN5/c1-17-10-4-6-21(7-5-10)14-18-13(19-20-14)11-8-9(16)2-3-12(11)15/h2-3,8,10,17H,4-7H2,1H3,(H,18,19,20). The third-order valence-corrected chi connectivity index (χ3v) is 4.77. The van der Waals surface area contributed by atoms with E-state index in [2.05, 4.69) is 41.3 Å². The number of halogens is 2. The van der Waals surface area contributed by atoms with Gasteiger partial charge in [0, 0.05) is 34.2 Å². The molecule has 0 unspecified atom stereocenters. The molecule has 2 heterocycles. The maximum Gasteiger partial charge on any atom is 0.245 e. The van der Waals surface area contributed by atoms with Crippen LogP contribution in [-0.4, -0.2) is 41.4 Å². The van der Waals surface area contributed by atoms with Gasteiger partial charge in [0.15, 0.2) is 5.82 Å². The highest BCUT2D eigenvalue weighted by molar-refractivity contribution is 9.10. The number of anilines is 1. The Labute approximate surface area is 137 Å². The highest BCUT2D eigenvalue weighted by atomic mass is 79.9. The van der Waals surface area contributed by atoms with Crippen molar-refractivity contribution in [3.05, 3.63) is 27.7 Å². The lowest BCUT2D eigenvalue weighted by molar-refractivity contribution is 0.439. The molecule has 1 aromatic heterocycles. The van der Waals surface area contributed by atoms with Crippen LogP contribution in [0, 0.1) is 0 Å². The lowest BCUT2D eigenvalue weighted by Crippen LogP contribution is -2.41. The molecule has 0 bridgehead atoms. The van der Waals surface area contributed by atoms with Crippen molar-refractivity contribution in [2.45, 2.75) is 18.9 Å². The SMILES string of the molecule is CNC1CCN(c2n[nH]c(-c3cc(Cl)ccc3Br)n2)CC1. The van der Waals surface area contributed by atoms with E-state index >= 15 is 0 Å². The first kappa shape index (κ1) is 14.8. The Hall–Kier alpha value is -1.11. The summed E-state index contributed by atoms with van der Waals surface area (Å²) in [5.74, 6) is 1.49. The van der Waals surface area contributed by atoms with E-state index < -0.39 is 0 Å². The van der Waals surface area contributed by atoms with E-state index in [1.54, 1.807) is 0 Å². The number of hydrogen-bond acceptors (Lipinski definition) is 4. The van der Waals surface area contributed by atoms with Crippen LogP contribution in [0.4, 0.5) is 5.95 Å². The maximum atomic E-state index is 6.05. The lowest BCUT2D eigenvalue weighted by atomic mass is 10.1. The number of aromatic amines is 1. The third kappa shape index (κ3) is 3.22. The average molecular weight is 371 g/mol. The van der Waals surface area contributed by atoms with Crippen LogP contribution in [0.5, 0.6) is 0 Å². The summed E-state index contributed by atoms with van der Waals surface area (Å²) in [6.07, 6.45) is 2.22. The van der Waals surface area contributed by atoms with Crippen LogP contribution in [0.1, 0.15) is 12.8 Å². The van der Waals surface area contributed by atoms with Crippen molar-refractivity contribution >= 4 is 33.5 Å². The number of aromatic nitrogens is 3. The van der Waals surface area contributed by atoms with Crippen molar-refractivity contribution < 1.29 is 0 Å². The van der Waals surface area contributed by atoms with Crippen molar-refractivity contribution in [1.29, 1.82) is 0 Å². The fraction of sp³-hybridized carbons (Fsp3) is 0.429. The molecule has 0 aliphatic carbocycles. The van der Waals surface area contributed by atoms with Crippen LogP contribution in [-0.2, 0) is 0 Å². The van der Waals surface area contributed by atoms with Crippen LogP contribution in [0.2, 0.25) is 5.02 Å². The maximum absolute atomic E-state index is 6.05. The number of nitrogens with zero attached hydrogens (tertiary/aromatic N) is 3. The van der Waals surface area contributed by atoms with Crippen molar-refractivity contribution in [3.63, 3.8) is 0 Å². The second kappa shape index (κ2) is 6.34. The Morgan fingerprint density at radius 3 is 2.86 bits per heavy atom. The minimum atomic E-state index is 0.599. The van der Waals surface area contributed by atoms with Gasteiger partial charge < -0.3 is 10.2 Å². The first-order valence-electron chi connectivity index (χ1n) is 6.97. The summed E-state index contributed by atoms with van der Waals surface area (Å²) in [6.45, 7) is 1.94. The van der Waals surface area contributed by atoms with Gasteiger partial charge in [-0.1, -0.05) is 27.5 Å². The van der Waals surface area contributed by atoms with E-state index in [0.29, 0.717) is 11.1 Å². The number of rotatable bonds is 3. The molecule has 1 aromatic carbocycles. The first-order chi connectivity index (χ1) is 10.2. The molecule has 1 aliphatic heterocycles. The average Bonchev–Trinajstić information content (AvgIpc) is 2.99. The number of H-pyrrole nitrogens is 1. The van der Waals surface area contributed by atoms with E-state index in [9.17, 15) is 0 Å². The fourth-order valence-corrected chi connectivity index (χ4v) is 3.17. The molecule has 0 spiro atoms. The molecule has 0 saturated carbocycles. The zero-order valence-electron chi connectivity index (χ0n) is 11.7. The predicted octanol–water partition coefficient (Wildman–Crippen LogP) is 3.08. The Morgan fingerprint density at radius 1 is 1.38 bits per heavy atom. The first-order valence-corrected chi connectivity index (χ1v) is 8.14. The minimum absolute atomic E-state index is 0.599. The van der Waals surface area contributed by atoms with Crippen molar-refractivity contribution in [3.8, 4) is 11.4 Å². The molecule has 1 saturated heterocycles. The number of hydrogen-bond donors (Lipinski definition) is 2. The molecule has 2 N–H and O–H groups in total. The van der Waals surface area contributed by atoms with Gasteiger partial charge >= 0.3 is 0 Å². The summed E-state index contributed by atoms with van der Waals surface area (Å²) < 4.78 is 0.948. The zero-order chi connectivity index (χ0) is 14.8. The lowest BCUT2D eigenvalue weighted by Gasteiger charge is -2.30. The van der Waals surface area contributed by atoms with Crippen LogP contribution >= 0.6 is 27.5 Å². The van der Waals surface area contributed by atoms with Gasteiger partial charge in [-0.05, 0) is 38.1 Å². The fourth-order valence-electron chi connectivity index (χ4n) is 2.56. The molecule has 2 aromatic rings. The highest BCUT2D eigenvalue weighted by Gasteiger charge is 2.21. The largest absolute Gasteiger partial charge is 0.339 e. The molecule has 0 amide bonds. The van der Waals surface area contributed by atoms with E-state index in [1.807, 2.05) is 25.2 Å². The molecule has 1 aliphatic rings. The minimum Gasteiger partial charge on any atom is -0.339 e. The number of nitrogens with one attached hydrogen (secondary N) is 2. The Kier molecular flexibility index (Phi) is 4.47. The van der Waals surface area contributed by atoms with Gasteiger partial charge in [0.25, 0.3) is 0 Å². The Balaban J connectivity index is 1.79. The second-order valence-electron chi connectivity index (χ2n) is 5.16. The summed E-state index contributed by atoms with van der Waals surface area (Å²) >= 11 is 9.58. The molecule has 1 fully saturated rings. The monoisotopic (exact) mass is 369 g/mol. The normalized spacial score (nSPS) is 16.4. The van der Waals surface area contributed by atoms with Crippen molar-refractivity contribution in [2.24, 2.45) is 0 Å². The quantitative estimate of drug-likeness (QED) is 0.872. The summed E-state index contributed by atoms with van der Waals surface area (Å²) in [5, 5.41) is 11.4. The van der Waals surface area contributed by atoms with Gasteiger partial charge in [0.1, 0.15) is 0 Å². The summed E-state index contributed by atoms with van der Waals surface area (Å²) in [7, 11) is 2.02. The molecule has 112 valence electrons. The predicted molar refractivity (Wildman–Crippen MR) is 88.8 cm³/mol. The van der Waals surface area contributed by atoms with Gasteiger partial charge in [-0.3, -0.25) is 5.10 Å². The topological polar surface area (TPSA) is 56.8 Å². The van der Waals surface area contributed by atoms with E-state index in [0.717, 1.165) is 47.7 Å². The molecule has 3 rings (SSSR count). The van der Waals surface area contributed by atoms with Crippen LogP contribution < -0.4 is 10.2 Å². The van der Waals surface area contributed by atoms with Crippen LogP contribution in [0.3, 0.4) is 0 Å². The van der Waals surface area contributed by atoms with Crippen molar-refractivity contribution in [1.82, 2.24) is 20.5 Å². The molecule has 5 nitrogen and oxygen atoms in total. The van der Waals surface area contributed by atoms with Crippen LogP contribution in [0.25, 0.3) is 11.4 Å². The van der Waals surface area contributed by atoms with E-state index in [4.69, 9.17) is 11.6 Å². The van der Waals surface area contributed by atoms with Crippen LogP contribution in [0.15, 0.2) is 22.7 Å². The molecular formula is C14H17BrClN5. The number of piperidine rings is 1. The summed E-state index contributed by atoms with van der Waals surface area (Å²) in [5.41, 5.74) is 0.923. The Morgan fingerprint density at radius 2 is 2.14 bits per heavy atom. The number of benzene rings is 1. The molecule has 21 heavy (non-hydrogen) atoms. The Bertz CT molecular complexity index is 622. The second-order valence-corrected chi connectivity index (χ2v) is 6.45. The molecule has 7 heteroatoms. The molecule has 0 atom stereocenters. The van der Waals surface area contributed by atoms with E-state index in [-0.39, 0.29) is 0 Å². The van der Waals surface area contributed by atoms with Gasteiger partial charge in [0.2, 0.25) is 5.95 Å². The van der Waals surface area contributed by atoms with Gasteiger partial charge in [-0.25, -0.2) is 0 Å². The smallest absolute Gasteiger partial charge is 0.245 e. The van der Waals surface area contributed by atoms with Gasteiger partial charge in [-0.15, -0.1) is 5.10 Å². The summed E-state index contributed by atoms with van der Waals surface area (Å²) in [6, 6.07) is 6.23. The zero-order valence-corrected chi connectivity index (χ0v) is 14.1.